The maximum Gasteiger partial charge on any atom is 0.328 e. The highest BCUT2D eigenvalue weighted by Gasteiger charge is 2.32. The lowest BCUT2D eigenvalue weighted by Gasteiger charge is -2.25. The van der Waals surface area contributed by atoms with Gasteiger partial charge in [0.2, 0.25) is 23.6 Å². The molecule has 5 unspecified atom stereocenters. The van der Waals surface area contributed by atoms with Gasteiger partial charge in [-0.3, -0.25) is 19.2 Å². The van der Waals surface area contributed by atoms with Crippen LogP contribution in [0.4, 0.5) is 0 Å². The van der Waals surface area contributed by atoms with Crippen molar-refractivity contribution in [2.45, 2.75) is 69.3 Å². The van der Waals surface area contributed by atoms with Crippen molar-refractivity contribution in [1.82, 2.24) is 20.9 Å². The summed E-state index contributed by atoms with van der Waals surface area (Å²) in [5, 5.41) is 26.9. The lowest BCUT2D eigenvalue weighted by atomic mass is 10.0. The van der Waals surface area contributed by atoms with E-state index in [4.69, 9.17) is 17.2 Å². The Labute approximate surface area is 225 Å². The number of carboxylic acid groups (broad SMARTS) is 1. The van der Waals surface area contributed by atoms with Crippen LogP contribution in [0.25, 0.3) is 10.9 Å². The number of hydrogen-bond donors (Lipinski definition) is 9. The number of benzene rings is 1. The van der Waals surface area contributed by atoms with Crippen molar-refractivity contribution in [2.75, 3.05) is 6.54 Å². The van der Waals surface area contributed by atoms with E-state index in [1.165, 1.54) is 6.92 Å². The number of primary amides is 1. The van der Waals surface area contributed by atoms with E-state index in [0.717, 1.165) is 16.5 Å². The molecule has 1 aromatic carbocycles. The zero-order valence-corrected chi connectivity index (χ0v) is 21.7. The number of H-pyrrole nitrogens is 1. The summed E-state index contributed by atoms with van der Waals surface area (Å²) in [4.78, 5) is 64.9. The Bertz CT molecular complexity index is 1170. The van der Waals surface area contributed by atoms with Crippen LogP contribution in [-0.2, 0) is 30.4 Å². The molecule has 214 valence electrons. The summed E-state index contributed by atoms with van der Waals surface area (Å²) in [7, 11) is 0. The highest BCUT2D eigenvalue weighted by atomic mass is 16.4. The number of nitrogens with two attached hydrogens (primary N) is 3. The number of unbranched alkanes of at least 4 members (excludes halogenated alkanes) is 1. The molecule has 1 heterocycles. The number of aliphatic carboxylic acids is 1. The van der Waals surface area contributed by atoms with Crippen LogP contribution in [0.1, 0.15) is 38.2 Å². The zero-order chi connectivity index (χ0) is 29.1. The minimum atomic E-state index is -1.62. The van der Waals surface area contributed by atoms with E-state index in [9.17, 15) is 34.2 Å². The van der Waals surface area contributed by atoms with Crippen LogP contribution < -0.4 is 33.2 Å². The maximum absolute atomic E-state index is 13.1. The summed E-state index contributed by atoms with van der Waals surface area (Å²) in [5.41, 5.74) is 18.5. The summed E-state index contributed by atoms with van der Waals surface area (Å²) < 4.78 is 0. The van der Waals surface area contributed by atoms with E-state index in [2.05, 4.69) is 20.9 Å². The van der Waals surface area contributed by atoms with Gasteiger partial charge in [-0.2, -0.15) is 0 Å². The van der Waals surface area contributed by atoms with Gasteiger partial charge in [-0.05, 0) is 50.8 Å². The first kappa shape index (κ1) is 31.2. The predicted molar refractivity (Wildman–Crippen MR) is 142 cm³/mol. The van der Waals surface area contributed by atoms with Gasteiger partial charge in [0.1, 0.15) is 12.1 Å². The van der Waals surface area contributed by atoms with Crippen LogP contribution >= 0.6 is 0 Å². The first-order chi connectivity index (χ1) is 18.4. The summed E-state index contributed by atoms with van der Waals surface area (Å²) in [6, 6.07) is 2.08. The second-order valence-corrected chi connectivity index (χ2v) is 9.31. The molecule has 0 aliphatic carbocycles. The molecule has 0 fully saturated rings. The molecule has 0 saturated carbocycles. The van der Waals surface area contributed by atoms with E-state index in [1.54, 1.807) is 6.20 Å². The summed E-state index contributed by atoms with van der Waals surface area (Å²) >= 11 is 0. The van der Waals surface area contributed by atoms with Gasteiger partial charge < -0.3 is 48.3 Å². The Balaban J connectivity index is 2.14. The normalized spacial score (nSPS) is 15.0. The zero-order valence-electron chi connectivity index (χ0n) is 21.7. The van der Waals surface area contributed by atoms with Crippen LogP contribution in [0.5, 0.6) is 0 Å². The number of carboxylic acids is 1. The number of amides is 4. The summed E-state index contributed by atoms with van der Waals surface area (Å²) in [6.45, 7) is 1.52. The highest BCUT2D eigenvalue weighted by molar-refractivity contribution is 5.96. The van der Waals surface area contributed by atoms with Crippen LogP contribution in [0, 0.1) is 0 Å². The van der Waals surface area contributed by atoms with Gasteiger partial charge in [0.15, 0.2) is 6.04 Å². The Kier molecular flexibility index (Phi) is 11.8. The molecule has 2 rings (SSSR count). The lowest BCUT2D eigenvalue weighted by molar-refractivity contribution is -0.145. The second-order valence-electron chi connectivity index (χ2n) is 9.31. The van der Waals surface area contributed by atoms with E-state index >= 15 is 0 Å². The molecule has 0 bridgehead atoms. The van der Waals surface area contributed by atoms with Gasteiger partial charge in [0.05, 0.1) is 18.6 Å². The van der Waals surface area contributed by atoms with Gasteiger partial charge in [-0.25, -0.2) is 4.79 Å². The molecule has 12 N–H and O–H groups in total. The molecule has 14 heteroatoms. The monoisotopic (exact) mass is 547 g/mol. The topological polar surface area (TPSA) is 256 Å². The summed E-state index contributed by atoms with van der Waals surface area (Å²) in [5.74, 6) is -4.82. The average Bonchev–Trinajstić information content (AvgIpc) is 3.28. The van der Waals surface area contributed by atoms with Crippen molar-refractivity contribution in [2.24, 2.45) is 17.2 Å². The largest absolute Gasteiger partial charge is 0.480 e. The molecule has 2 aromatic rings. The van der Waals surface area contributed by atoms with E-state index in [-0.39, 0.29) is 12.8 Å². The molecule has 1 aromatic heterocycles. The van der Waals surface area contributed by atoms with E-state index < -0.39 is 66.3 Å². The number of carbonyl (C=O) groups excluding carboxylic acids is 4. The fraction of sp³-hybridized carbons (Fsp3) is 0.480. The first-order valence-electron chi connectivity index (χ1n) is 12.6. The molecule has 4 amide bonds. The number of rotatable bonds is 16. The average molecular weight is 548 g/mol. The Morgan fingerprint density at radius 3 is 2.23 bits per heavy atom. The molecule has 0 aliphatic heterocycles. The van der Waals surface area contributed by atoms with E-state index in [1.807, 2.05) is 24.3 Å². The van der Waals surface area contributed by atoms with Crippen LogP contribution in [0.2, 0.25) is 0 Å². The van der Waals surface area contributed by atoms with Crippen LogP contribution in [0.3, 0.4) is 0 Å². The molecule has 39 heavy (non-hydrogen) atoms. The van der Waals surface area contributed by atoms with Crippen molar-refractivity contribution in [3.05, 3.63) is 36.0 Å². The molecule has 0 radical (unpaired) electrons. The number of aromatic amines is 1. The molecular weight excluding hydrogens is 510 g/mol. The smallest absolute Gasteiger partial charge is 0.328 e. The molecule has 0 aliphatic rings. The quantitative estimate of drug-likeness (QED) is 0.105. The lowest BCUT2D eigenvalue weighted by Crippen LogP contribution is -2.58. The first-order valence-corrected chi connectivity index (χ1v) is 12.6. The number of aliphatic hydroxyl groups is 1. The number of fused-ring (bicyclic) bond motifs is 1. The third-order valence-electron chi connectivity index (χ3n) is 6.12. The molecule has 5 atom stereocenters. The third-order valence-corrected chi connectivity index (χ3v) is 6.12. The fourth-order valence-electron chi connectivity index (χ4n) is 4.00. The summed E-state index contributed by atoms with van der Waals surface area (Å²) in [6.07, 6.45) is 0.894. The Morgan fingerprint density at radius 2 is 1.62 bits per heavy atom. The second kappa shape index (κ2) is 14.8. The number of nitrogens with one attached hydrogen (secondary N) is 4. The standard InChI is InChI=1S/C25H37N7O7/c1-13(33)21(25(38)39)32-23(36)18(8-4-5-9-26)30-24(37)19(11-20(28)34)31-22(35)16(27)10-14-12-29-17-7-3-2-6-15(14)17/h2-3,6-7,12-13,16,18-19,21,29,33H,4-5,8-11,26-27H2,1H3,(H2,28,34)(H,30,37)(H,31,35)(H,32,36)(H,38,39). The van der Waals surface area contributed by atoms with Crippen molar-refractivity contribution in [3.8, 4) is 0 Å². The van der Waals surface area contributed by atoms with Crippen LogP contribution in [0.15, 0.2) is 30.5 Å². The number of carbonyl (C=O) groups is 5. The molecule has 0 saturated heterocycles. The predicted octanol–water partition coefficient (Wildman–Crippen LogP) is -2.04. The SMILES string of the molecule is CC(O)C(NC(=O)C(CCCCN)NC(=O)C(CC(N)=O)NC(=O)C(N)Cc1c[nH]c2ccccc12)C(=O)O. The number of aliphatic hydroxyl groups excluding tert-OH is 1. The Morgan fingerprint density at radius 1 is 0.974 bits per heavy atom. The van der Waals surface area contributed by atoms with Gasteiger partial charge in [0.25, 0.3) is 0 Å². The minimum Gasteiger partial charge on any atom is -0.480 e. The Hall–Kier alpha value is -4.01. The van der Waals surface area contributed by atoms with Crippen molar-refractivity contribution in [1.29, 1.82) is 0 Å². The maximum atomic E-state index is 13.1. The van der Waals surface area contributed by atoms with Gasteiger partial charge in [-0.15, -0.1) is 0 Å². The number of aromatic nitrogens is 1. The fourth-order valence-corrected chi connectivity index (χ4v) is 4.00. The van der Waals surface area contributed by atoms with E-state index in [0.29, 0.717) is 19.4 Å². The van der Waals surface area contributed by atoms with Crippen molar-refractivity contribution < 1.29 is 34.2 Å². The van der Waals surface area contributed by atoms with Gasteiger partial charge in [-0.1, -0.05) is 18.2 Å². The number of hydrogen-bond acceptors (Lipinski definition) is 8. The number of para-hydroxylation sites is 1. The highest BCUT2D eigenvalue weighted by Crippen LogP contribution is 2.18. The molecule has 14 nitrogen and oxygen atoms in total. The molecule has 0 spiro atoms. The van der Waals surface area contributed by atoms with Gasteiger partial charge >= 0.3 is 5.97 Å². The van der Waals surface area contributed by atoms with Crippen molar-refractivity contribution in [3.63, 3.8) is 0 Å². The third kappa shape index (κ3) is 9.35. The van der Waals surface area contributed by atoms with Crippen LogP contribution in [-0.4, -0.2) is 81.6 Å². The minimum absolute atomic E-state index is 0.0816. The van der Waals surface area contributed by atoms with Gasteiger partial charge in [0, 0.05) is 17.1 Å². The molecular formula is C25H37N7O7. The van der Waals surface area contributed by atoms with Crippen molar-refractivity contribution >= 4 is 40.5 Å².